The zero-order valence-electron chi connectivity index (χ0n) is 12.7. The second kappa shape index (κ2) is 6.71. The first-order valence-corrected chi connectivity index (χ1v) is 10.1. The maximum Gasteiger partial charge on any atom is 0.315 e. The Morgan fingerprint density at radius 2 is 2.16 bits per heavy atom. The molecule has 2 N–H and O–H groups in total. The smallest absolute Gasteiger partial charge is 0.315 e. The first-order chi connectivity index (χ1) is 11.8. The van der Waals surface area contributed by atoms with Gasteiger partial charge in [-0.25, -0.2) is 13.6 Å². The number of thiazole rings is 1. The number of allylic oxidation sites excluding steroid dienone is 1. The molecule has 0 aliphatic heterocycles. The highest BCUT2D eigenvalue weighted by molar-refractivity contribution is 9.10. The molecule has 0 radical (unpaired) electrons. The highest BCUT2D eigenvalue weighted by Crippen LogP contribution is 2.22. The van der Waals surface area contributed by atoms with Crippen molar-refractivity contribution >= 4 is 53.4 Å². The van der Waals surface area contributed by atoms with Crippen LogP contribution >= 0.6 is 27.3 Å². The van der Waals surface area contributed by atoms with E-state index in [4.69, 9.17) is 9.56 Å². The standard InChI is InChI=1S/C15H12BrN3O4S2/c1-2-7-19-10-4-3-9(25(17,21)22)8-12(10)24-15(19)18-14(20)11-5-6-13(16)23-11/h2-6,8H,1,7H2,(H2,17,21,22). The van der Waals surface area contributed by atoms with Gasteiger partial charge in [0.25, 0.3) is 0 Å². The summed E-state index contributed by atoms with van der Waals surface area (Å²) in [6, 6.07) is 7.62. The van der Waals surface area contributed by atoms with Crippen LogP contribution in [0.25, 0.3) is 10.2 Å². The van der Waals surface area contributed by atoms with Gasteiger partial charge in [-0.1, -0.05) is 17.4 Å². The summed E-state index contributed by atoms with van der Waals surface area (Å²) in [6.45, 7) is 4.10. The van der Waals surface area contributed by atoms with Gasteiger partial charge < -0.3 is 8.98 Å². The van der Waals surface area contributed by atoms with Crippen LogP contribution in [0, 0.1) is 0 Å². The topological polar surface area (TPSA) is 108 Å². The normalized spacial score (nSPS) is 12.6. The molecule has 0 saturated heterocycles. The summed E-state index contributed by atoms with van der Waals surface area (Å²) >= 11 is 4.31. The Balaban J connectivity index is 2.19. The van der Waals surface area contributed by atoms with Crippen molar-refractivity contribution in [3.63, 3.8) is 0 Å². The summed E-state index contributed by atoms with van der Waals surface area (Å²) in [7, 11) is -3.81. The molecule has 3 aromatic rings. The van der Waals surface area contributed by atoms with Crippen LogP contribution < -0.4 is 9.94 Å². The van der Waals surface area contributed by atoms with Gasteiger partial charge in [0.1, 0.15) is 0 Å². The summed E-state index contributed by atoms with van der Waals surface area (Å²) in [6.07, 6.45) is 1.66. The summed E-state index contributed by atoms with van der Waals surface area (Å²) in [5.41, 5.74) is 0.726. The monoisotopic (exact) mass is 441 g/mol. The van der Waals surface area contributed by atoms with Crippen molar-refractivity contribution in [2.75, 3.05) is 0 Å². The zero-order valence-corrected chi connectivity index (χ0v) is 15.9. The van der Waals surface area contributed by atoms with E-state index in [1.165, 1.54) is 29.5 Å². The lowest BCUT2D eigenvalue weighted by molar-refractivity contribution is 0.0970. The number of fused-ring (bicyclic) bond motifs is 1. The Kier molecular flexibility index (Phi) is 4.78. The maximum absolute atomic E-state index is 12.3. The lowest BCUT2D eigenvalue weighted by Gasteiger charge is -2.02. The van der Waals surface area contributed by atoms with Crippen LogP contribution in [-0.4, -0.2) is 18.9 Å². The third kappa shape index (κ3) is 3.66. The molecule has 0 fully saturated rings. The van der Waals surface area contributed by atoms with Crippen molar-refractivity contribution < 1.29 is 17.6 Å². The molecule has 2 aromatic heterocycles. The summed E-state index contributed by atoms with van der Waals surface area (Å²) in [4.78, 5) is 16.7. The maximum atomic E-state index is 12.3. The van der Waals surface area contributed by atoms with Crippen molar-refractivity contribution in [1.82, 2.24) is 4.57 Å². The van der Waals surface area contributed by atoms with E-state index >= 15 is 0 Å². The molecule has 0 spiro atoms. The number of carbonyl (C=O) groups is 1. The lowest BCUT2D eigenvalue weighted by atomic mass is 10.3. The molecule has 10 heteroatoms. The Labute approximate surface area is 155 Å². The molecule has 0 bridgehead atoms. The minimum Gasteiger partial charge on any atom is -0.444 e. The minimum atomic E-state index is -3.81. The number of hydrogen-bond acceptors (Lipinski definition) is 5. The average molecular weight is 442 g/mol. The number of furan rings is 1. The molecule has 0 saturated carbocycles. The van der Waals surface area contributed by atoms with Gasteiger partial charge in [-0.2, -0.15) is 4.99 Å². The second-order valence-electron chi connectivity index (χ2n) is 4.98. The van der Waals surface area contributed by atoms with Crippen molar-refractivity contribution in [2.24, 2.45) is 10.1 Å². The molecule has 7 nitrogen and oxygen atoms in total. The molecule has 1 amide bonds. The SMILES string of the molecule is C=CCn1c(=NC(=O)c2ccc(Br)o2)sc2cc(S(N)(=O)=O)ccc21. The molecule has 1 aromatic carbocycles. The predicted molar refractivity (Wildman–Crippen MR) is 97.7 cm³/mol. The fourth-order valence-corrected chi connectivity index (χ4v) is 4.19. The molecule has 0 aliphatic carbocycles. The number of primary sulfonamides is 1. The van der Waals surface area contributed by atoms with E-state index in [9.17, 15) is 13.2 Å². The van der Waals surface area contributed by atoms with Gasteiger partial charge >= 0.3 is 5.91 Å². The number of rotatable bonds is 4. The van der Waals surface area contributed by atoms with Gasteiger partial charge in [0, 0.05) is 6.54 Å². The molecular formula is C15H12BrN3O4S2. The average Bonchev–Trinajstić information content (AvgIpc) is 3.11. The quantitative estimate of drug-likeness (QED) is 0.627. The van der Waals surface area contributed by atoms with Crippen LogP contribution in [0.3, 0.4) is 0 Å². The highest BCUT2D eigenvalue weighted by atomic mass is 79.9. The van der Waals surface area contributed by atoms with E-state index < -0.39 is 15.9 Å². The molecule has 0 atom stereocenters. The van der Waals surface area contributed by atoms with Crippen LogP contribution in [0.4, 0.5) is 0 Å². The van der Waals surface area contributed by atoms with Crippen LogP contribution in [0.15, 0.2) is 62.0 Å². The zero-order chi connectivity index (χ0) is 18.2. The largest absolute Gasteiger partial charge is 0.444 e. The van der Waals surface area contributed by atoms with E-state index in [0.29, 0.717) is 20.7 Å². The third-order valence-corrected chi connectivity index (χ3v) is 5.65. The Hall–Kier alpha value is -2.01. The number of carbonyl (C=O) groups excluding carboxylic acids is 1. The highest BCUT2D eigenvalue weighted by Gasteiger charge is 2.14. The third-order valence-electron chi connectivity index (χ3n) is 3.28. The van der Waals surface area contributed by atoms with Gasteiger partial charge in [0.05, 0.1) is 15.1 Å². The van der Waals surface area contributed by atoms with E-state index in [-0.39, 0.29) is 10.7 Å². The predicted octanol–water partition coefficient (Wildman–Crippen LogP) is 2.63. The molecule has 2 heterocycles. The molecule has 0 unspecified atom stereocenters. The van der Waals surface area contributed by atoms with Gasteiger partial charge in [0.2, 0.25) is 10.0 Å². The van der Waals surface area contributed by atoms with Gasteiger partial charge in [-0.05, 0) is 46.3 Å². The van der Waals surface area contributed by atoms with Gasteiger partial charge in [0.15, 0.2) is 15.2 Å². The van der Waals surface area contributed by atoms with Crippen LogP contribution in [0.1, 0.15) is 10.6 Å². The summed E-state index contributed by atoms with van der Waals surface area (Å²) < 4.78 is 31.1. The first kappa shape index (κ1) is 17.8. The first-order valence-electron chi connectivity index (χ1n) is 6.91. The van der Waals surface area contributed by atoms with E-state index in [1.54, 1.807) is 22.8 Å². The summed E-state index contributed by atoms with van der Waals surface area (Å²) in [5, 5.41) is 5.17. The molecule has 130 valence electrons. The fourth-order valence-electron chi connectivity index (χ4n) is 2.19. The summed E-state index contributed by atoms with van der Waals surface area (Å²) in [5.74, 6) is -0.443. The number of aromatic nitrogens is 1. The van der Waals surface area contributed by atoms with E-state index in [0.717, 1.165) is 5.52 Å². The molecule has 3 rings (SSSR count). The fraction of sp³-hybridized carbons (Fsp3) is 0.0667. The Morgan fingerprint density at radius 3 is 2.76 bits per heavy atom. The number of halogens is 1. The van der Waals surface area contributed by atoms with Crippen molar-refractivity contribution in [3.05, 3.63) is 58.2 Å². The van der Waals surface area contributed by atoms with Crippen LogP contribution in [0.5, 0.6) is 0 Å². The number of sulfonamides is 1. The Morgan fingerprint density at radius 1 is 1.40 bits per heavy atom. The lowest BCUT2D eigenvalue weighted by Crippen LogP contribution is -2.16. The Bertz CT molecular complexity index is 1160. The molecule has 25 heavy (non-hydrogen) atoms. The number of amides is 1. The second-order valence-corrected chi connectivity index (χ2v) is 8.33. The van der Waals surface area contributed by atoms with Crippen molar-refractivity contribution in [3.8, 4) is 0 Å². The van der Waals surface area contributed by atoms with Gasteiger partial charge in [-0.15, -0.1) is 6.58 Å². The minimum absolute atomic E-state index is 0.000144. The van der Waals surface area contributed by atoms with Crippen molar-refractivity contribution in [2.45, 2.75) is 11.4 Å². The number of nitrogens with two attached hydrogens (primary N) is 1. The number of benzene rings is 1. The number of nitrogens with zero attached hydrogens (tertiary/aromatic N) is 2. The van der Waals surface area contributed by atoms with E-state index in [1.807, 2.05) is 0 Å². The van der Waals surface area contributed by atoms with Crippen LogP contribution in [-0.2, 0) is 16.6 Å². The molecule has 0 aliphatic rings. The van der Waals surface area contributed by atoms with E-state index in [2.05, 4.69) is 27.5 Å². The molecular weight excluding hydrogens is 430 g/mol. The van der Waals surface area contributed by atoms with Crippen molar-refractivity contribution in [1.29, 1.82) is 0 Å². The van der Waals surface area contributed by atoms with Crippen LogP contribution in [0.2, 0.25) is 0 Å². The van der Waals surface area contributed by atoms with Gasteiger partial charge in [-0.3, -0.25) is 4.79 Å². The number of hydrogen-bond donors (Lipinski definition) is 1.